The molecule has 1 rings (SSSR count). The van der Waals surface area contributed by atoms with Crippen molar-refractivity contribution in [2.45, 2.75) is 52.4 Å². The number of hydrogen-bond acceptors (Lipinski definition) is 3. The van der Waals surface area contributed by atoms with Crippen molar-refractivity contribution < 1.29 is 19.4 Å². The molecule has 1 aromatic carbocycles. The maximum atomic E-state index is 12.1. The van der Waals surface area contributed by atoms with E-state index in [1.807, 2.05) is 37.3 Å². The Morgan fingerprint density at radius 3 is 2.26 bits per heavy atom. The Morgan fingerprint density at radius 2 is 1.70 bits per heavy atom. The summed E-state index contributed by atoms with van der Waals surface area (Å²) in [7, 11) is 0. The lowest BCUT2D eigenvalue weighted by atomic mass is 9.83. The standard InChI is InChI=1S/C19H28O4/c1-4-5-11-23-19(22)15(3)13-17(12-14(2)18(20)21)16-9-7-6-8-10-16/h6-10,14-15,17H,4-5,11-13H2,1-3H3,(H,20,21). The summed E-state index contributed by atoms with van der Waals surface area (Å²) in [5.41, 5.74) is 1.08. The number of carboxylic acids is 1. The lowest BCUT2D eigenvalue weighted by Gasteiger charge is -2.22. The van der Waals surface area contributed by atoms with Crippen LogP contribution in [0, 0.1) is 11.8 Å². The smallest absolute Gasteiger partial charge is 0.308 e. The van der Waals surface area contributed by atoms with Crippen molar-refractivity contribution >= 4 is 11.9 Å². The molecule has 1 N–H and O–H groups in total. The fourth-order valence-corrected chi connectivity index (χ4v) is 2.60. The number of carboxylic acid groups (broad SMARTS) is 1. The van der Waals surface area contributed by atoms with Crippen LogP contribution in [0.25, 0.3) is 0 Å². The van der Waals surface area contributed by atoms with Crippen molar-refractivity contribution in [3.63, 3.8) is 0 Å². The molecule has 0 heterocycles. The number of benzene rings is 1. The molecule has 0 spiro atoms. The van der Waals surface area contributed by atoms with Gasteiger partial charge in [-0.1, -0.05) is 57.5 Å². The van der Waals surface area contributed by atoms with Gasteiger partial charge in [0.2, 0.25) is 0 Å². The van der Waals surface area contributed by atoms with Gasteiger partial charge < -0.3 is 9.84 Å². The average molecular weight is 320 g/mol. The Labute approximate surface area is 138 Å². The van der Waals surface area contributed by atoms with Gasteiger partial charge in [0, 0.05) is 0 Å². The van der Waals surface area contributed by atoms with Gasteiger partial charge in [-0.15, -0.1) is 0 Å². The Bertz CT molecular complexity index is 483. The molecule has 0 bridgehead atoms. The maximum absolute atomic E-state index is 12.1. The Morgan fingerprint density at radius 1 is 1.09 bits per heavy atom. The predicted molar refractivity (Wildman–Crippen MR) is 90.2 cm³/mol. The minimum absolute atomic E-state index is 0.0380. The SMILES string of the molecule is CCCCOC(=O)C(C)CC(CC(C)C(=O)O)c1ccccc1. The Balaban J connectivity index is 2.72. The highest BCUT2D eigenvalue weighted by atomic mass is 16.5. The highest BCUT2D eigenvalue weighted by molar-refractivity contribution is 5.72. The fourth-order valence-electron chi connectivity index (χ4n) is 2.60. The molecule has 3 unspecified atom stereocenters. The van der Waals surface area contributed by atoms with E-state index in [0.29, 0.717) is 19.4 Å². The zero-order valence-corrected chi connectivity index (χ0v) is 14.3. The number of carbonyl (C=O) groups excluding carboxylic acids is 1. The van der Waals surface area contributed by atoms with Crippen LogP contribution < -0.4 is 0 Å². The van der Waals surface area contributed by atoms with Gasteiger partial charge >= 0.3 is 11.9 Å². The van der Waals surface area contributed by atoms with E-state index in [1.165, 1.54) is 0 Å². The van der Waals surface area contributed by atoms with E-state index in [0.717, 1.165) is 18.4 Å². The second-order valence-electron chi connectivity index (χ2n) is 6.24. The largest absolute Gasteiger partial charge is 0.481 e. The van der Waals surface area contributed by atoms with Gasteiger partial charge in [-0.05, 0) is 30.7 Å². The minimum atomic E-state index is -0.802. The number of unbranched alkanes of at least 4 members (excludes halogenated alkanes) is 1. The van der Waals surface area contributed by atoms with Crippen LogP contribution in [0.4, 0.5) is 0 Å². The van der Waals surface area contributed by atoms with Gasteiger partial charge in [0.05, 0.1) is 18.4 Å². The minimum Gasteiger partial charge on any atom is -0.481 e. The van der Waals surface area contributed by atoms with E-state index in [2.05, 4.69) is 6.92 Å². The first-order valence-corrected chi connectivity index (χ1v) is 8.40. The highest BCUT2D eigenvalue weighted by Crippen LogP contribution is 2.31. The van der Waals surface area contributed by atoms with Gasteiger partial charge in [-0.2, -0.15) is 0 Å². The summed E-state index contributed by atoms with van der Waals surface area (Å²) in [4.78, 5) is 23.2. The molecule has 0 aliphatic heterocycles. The zero-order valence-electron chi connectivity index (χ0n) is 14.3. The first-order valence-electron chi connectivity index (χ1n) is 8.40. The highest BCUT2D eigenvalue weighted by Gasteiger charge is 2.25. The quantitative estimate of drug-likeness (QED) is 0.517. The van der Waals surface area contributed by atoms with Crippen LogP contribution in [-0.2, 0) is 14.3 Å². The maximum Gasteiger partial charge on any atom is 0.308 e. The molecule has 128 valence electrons. The van der Waals surface area contributed by atoms with Crippen molar-refractivity contribution in [2.24, 2.45) is 11.8 Å². The molecule has 0 fully saturated rings. The molecule has 0 aliphatic rings. The third-order valence-corrected chi connectivity index (χ3v) is 4.11. The molecule has 0 radical (unpaired) electrons. The van der Waals surface area contributed by atoms with Crippen LogP contribution in [0.5, 0.6) is 0 Å². The third kappa shape index (κ3) is 6.85. The summed E-state index contributed by atoms with van der Waals surface area (Å²) >= 11 is 0. The van der Waals surface area contributed by atoms with Crippen LogP contribution in [0.1, 0.15) is 57.9 Å². The van der Waals surface area contributed by atoms with Gasteiger partial charge in [0.15, 0.2) is 0 Å². The van der Waals surface area contributed by atoms with Crippen LogP contribution in [-0.4, -0.2) is 23.7 Å². The zero-order chi connectivity index (χ0) is 17.2. The molecule has 3 atom stereocenters. The Hall–Kier alpha value is -1.84. The van der Waals surface area contributed by atoms with Crippen molar-refractivity contribution in [1.82, 2.24) is 0 Å². The second kappa shape index (κ2) is 10.0. The molecule has 0 aliphatic carbocycles. The monoisotopic (exact) mass is 320 g/mol. The normalized spacial score (nSPS) is 14.7. The average Bonchev–Trinajstić information content (AvgIpc) is 2.54. The molecule has 0 saturated heterocycles. The van der Waals surface area contributed by atoms with Gasteiger partial charge in [0.1, 0.15) is 0 Å². The van der Waals surface area contributed by atoms with E-state index in [-0.39, 0.29) is 17.8 Å². The van der Waals surface area contributed by atoms with Crippen molar-refractivity contribution in [2.75, 3.05) is 6.61 Å². The lowest BCUT2D eigenvalue weighted by molar-refractivity contribution is -0.148. The third-order valence-electron chi connectivity index (χ3n) is 4.11. The predicted octanol–water partition coefficient (Wildman–Crippen LogP) is 4.25. The van der Waals surface area contributed by atoms with E-state index in [1.54, 1.807) is 6.92 Å². The molecular weight excluding hydrogens is 292 g/mol. The summed E-state index contributed by atoms with van der Waals surface area (Å²) in [6.45, 7) is 6.08. The van der Waals surface area contributed by atoms with Crippen LogP contribution in [0.2, 0.25) is 0 Å². The number of ether oxygens (including phenoxy) is 1. The van der Waals surface area contributed by atoms with Crippen LogP contribution >= 0.6 is 0 Å². The Kier molecular flexibility index (Phi) is 8.38. The van der Waals surface area contributed by atoms with Gasteiger partial charge in [-0.3, -0.25) is 9.59 Å². The molecule has 1 aromatic rings. The molecule has 0 aromatic heterocycles. The van der Waals surface area contributed by atoms with Crippen molar-refractivity contribution in [3.05, 3.63) is 35.9 Å². The first kappa shape index (κ1) is 19.2. The van der Waals surface area contributed by atoms with Crippen LogP contribution in [0.3, 0.4) is 0 Å². The van der Waals surface area contributed by atoms with E-state index < -0.39 is 11.9 Å². The number of esters is 1. The van der Waals surface area contributed by atoms with Gasteiger partial charge in [-0.25, -0.2) is 0 Å². The summed E-state index contributed by atoms with van der Waals surface area (Å²) in [6.07, 6.45) is 2.99. The van der Waals surface area contributed by atoms with E-state index >= 15 is 0 Å². The lowest BCUT2D eigenvalue weighted by Crippen LogP contribution is -2.21. The van der Waals surface area contributed by atoms with Gasteiger partial charge in [0.25, 0.3) is 0 Å². The summed E-state index contributed by atoms with van der Waals surface area (Å²) in [5, 5.41) is 9.17. The van der Waals surface area contributed by atoms with E-state index in [4.69, 9.17) is 4.74 Å². The van der Waals surface area contributed by atoms with Crippen molar-refractivity contribution in [1.29, 1.82) is 0 Å². The first-order chi connectivity index (χ1) is 11.0. The molecular formula is C19H28O4. The molecule has 0 amide bonds. The molecule has 23 heavy (non-hydrogen) atoms. The molecule has 4 nitrogen and oxygen atoms in total. The number of carbonyl (C=O) groups is 2. The topological polar surface area (TPSA) is 63.6 Å². The summed E-state index contributed by atoms with van der Waals surface area (Å²) in [5.74, 6) is -1.64. The number of hydrogen-bond donors (Lipinski definition) is 1. The van der Waals surface area contributed by atoms with Crippen LogP contribution in [0.15, 0.2) is 30.3 Å². The second-order valence-corrected chi connectivity index (χ2v) is 6.24. The number of rotatable bonds is 10. The number of aliphatic carboxylic acids is 1. The molecule has 4 heteroatoms. The summed E-state index contributed by atoms with van der Waals surface area (Å²) in [6, 6.07) is 9.81. The van der Waals surface area contributed by atoms with E-state index in [9.17, 15) is 14.7 Å². The molecule has 0 saturated carbocycles. The van der Waals surface area contributed by atoms with Crippen molar-refractivity contribution in [3.8, 4) is 0 Å². The fraction of sp³-hybridized carbons (Fsp3) is 0.579. The summed E-state index contributed by atoms with van der Waals surface area (Å²) < 4.78 is 5.28.